The van der Waals surface area contributed by atoms with Crippen molar-refractivity contribution in [3.05, 3.63) is 95.7 Å². The molecule has 0 radical (unpaired) electrons. The van der Waals surface area contributed by atoms with Gasteiger partial charge in [-0.25, -0.2) is 14.4 Å². The summed E-state index contributed by atoms with van der Waals surface area (Å²) in [6, 6.07) is 14.3. The summed E-state index contributed by atoms with van der Waals surface area (Å²) in [4.78, 5) is 18.2. The second-order valence-electron chi connectivity index (χ2n) is 7.76. The zero-order chi connectivity index (χ0) is 21.9. The summed E-state index contributed by atoms with van der Waals surface area (Å²) in [6.07, 6.45) is 6.23. The van der Waals surface area contributed by atoms with E-state index in [1.165, 1.54) is 12.1 Å². The van der Waals surface area contributed by atoms with E-state index < -0.39 is 0 Å². The van der Waals surface area contributed by atoms with E-state index in [1.807, 2.05) is 36.4 Å². The molecule has 0 spiro atoms. The Kier molecular flexibility index (Phi) is 6.79. The number of rotatable bonds is 6. The van der Waals surface area contributed by atoms with Crippen molar-refractivity contribution >= 4 is 12.4 Å². The first-order valence-corrected chi connectivity index (χ1v) is 10.4. The van der Waals surface area contributed by atoms with Crippen molar-refractivity contribution in [1.82, 2.24) is 19.9 Å². The molecule has 0 N–H and O–H groups in total. The van der Waals surface area contributed by atoms with Crippen LogP contribution in [-0.2, 0) is 12.8 Å². The van der Waals surface area contributed by atoms with Gasteiger partial charge in [-0.1, -0.05) is 19.1 Å². The third kappa shape index (κ3) is 5.26. The predicted octanol–water partition coefficient (Wildman–Crippen LogP) is 5.16. The van der Waals surface area contributed by atoms with Crippen LogP contribution in [-0.4, -0.2) is 26.7 Å². The molecule has 0 unspecified atom stereocenters. The average molecular weight is 465 g/mol. The molecular formula is C25H22ClFN4O2. The third-order valence-corrected chi connectivity index (χ3v) is 5.40. The number of nitrogens with zero attached hydrogens (tertiary/aromatic N) is 4. The lowest BCUT2D eigenvalue weighted by molar-refractivity contribution is 0.174. The van der Waals surface area contributed by atoms with Gasteiger partial charge in [-0.05, 0) is 47.9 Å². The quantitative estimate of drug-likeness (QED) is 0.392. The van der Waals surface area contributed by atoms with Crippen molar-refractivity contribution < 1.29 is 13.9 Å². The fourth-order valence-corrected chi connectivity index (χ4v) is 3.73. The van der Waals surface area contributed by atoms with Crippen LogP contribution >= 0.6 is 12.4 Å². The van der Waals surface area contributed by atoms with Crippen LogP contribution in [0.15, 0.2) is 67.1 Å². The smallest absolute Gasteiger partial charge is 0.231 e. The van der Waals surface area contributed by atoms with E-state index in [-0.39, 0.29) is 30.9 Å². The maximum Gasteiger partial charge on any atom is 0.231 e. The summed E-state index contributed by atoms with van der Waals surface area (Å²) in [7, 11) is 0. The number of hydrogen-bond donors (Lipinski definition) is 0. The maximum atomic E-state index is 13.3. The first-order chi connectivity index (χ1) is 15.6. The molecule has 0 bridgehead atoms. The molecule has 1 aliphatic rings. The van der Waals surface area contributed by atoms with Crippen molar-refractivity contribution in [1.29, 1.82) is 0 Å². The molecule has 0 amide bonds. The molecule has 4 aromatic rings. The molecule has 0 saturated carbocycles. The van der Waals surface area contributed by atoms with E-state index in [9.17, 15) is 4.39 Å². The van der Waals surface area contributed by atoms with Crippen LogP contribution in [0.4, 0.5) is 4.39 Å². The van der Waals surface area contributed by atoms with Gasteiger partial charge < -0.3 is 9.47 Å². The number of ether oxygens (including phenoxy) is 2. The minimum atomic E-state index is -0.242. The Bertz CT molecular complexity index is 1240. The van der Waals surface area contributed by atoms with Gasteiger partial charge in [0.1, 0.15) is 11.6 Å². The maximum absolute atomic E-state index is 13.3. The summed E-state index contributed by atoms with van der Waals surface area (Å²) in [6.45, 7) is 2.31. The van der Waals surface area contributed by atoms with Gasteiger partial charge in [-0.2, -0.15) is 0 Å². The van der Waals surface area contributed by atoms with Gasteiger partial charge in [0.15, 0.2) is 11.5 Å². The molecule has 168 valence electrons. The van der Waals surface area contributed by atoms with Crippen LogP contribution in [0.3, 0.4) is 0 Å². The topological polar surface area (TPSA) is 70.0 Å². The fourth-order valence-electron chi connectivity index (χ4n) is 3.73. The second-order valence-corrected chi connectivity index (χ2v) is 7.76. The van der Waals surface area contributed by atoms with Crippen molar-refractivity contribution in [2.75, 3.05) is 6.79 Å². The zero-order valence-electron chi connectivity index (χ0n) is 17.9. The van der Waals surface area contributed by atoms with E-state index in [0.29, 0.717) is 18.6 Å². The zero-order valence-corrected chi connectivity index (χ0v) is 18.8. The first kappa shape index (κ1) is 22.6. The Labute approximate surface area is 197 Å². The van der Waals surface area contributed by atoms with Gasteiger partial charge in [0.05, 0.1) is 17.1 Å². The number of fused-ring (bicyclic) bond motifs is 1. The Morgan fingerprint density at radius 1 is 0.939 bits per heavy atom. The Balaban J connectivity index is 0.00000259. The lowest BCUT2D eigenvalue weighted by atomic mass is 9.97. The van der Waals surface area contributed by atoms with E-state index in [0.717, 1.165) is 39.8 Å². The Morgan fingerprint density at radius 2 is 1.76 bits per heavy atom. The average Bonchev–Trinajstić information content (AvgIpc) is 3.28. The molecule has 2 aromatic heterocycles. The van der Waals surface area contributed by atoms with Gasteiger partial charge in [-0.15, -0.1) is 12.4 Å². The molecule has 0 saturated heterocycles. The van der Waals surface area contributed by atoms with Gasteiger partial charge in [0.25, 0.3) is 0 Å². The van der Waals surface area contributed by atoms with Gasteiger partial charge in [0.2, 0.25) is 6.79 Å². The van der Waals surface area contributed by atoms with Crippen LogP contribution in [0.5, 0.6) is 11.5 Å². The molecule has 3 heterocycles. The van der Waals surface area contributed by atoms with Crippen LogP contribution in [0.2, 0.25) is 0 Å². The predicted molar refractivity (Wildman–Crippen MR) is 124 cm³/mol. The van der Waals surface area contributed by atoms with E-state index >= 15 is 0 Å². The summed E-state index contributed by atoms with van der Waals surface area (Å²) >= 11 is 0. The minimum absolute atomic E-state index is 0. The van der Waals surface area contributed by atoms with Crippen molar-refractivity contribution in [3.8, 4) is 22.8 Å². The molecule has 0 aliphatic carbocycles. The molecule has 2 aromatic carbocycles. The van der Waals surface area contributed by atoms with Gasteiger partial charge >= 0.3 is 0 Å². The monoisotopic (exact) mass is 464 g/mol. The molecule has 1 aliphatic heterocycles. The van der Waals surface area contributed by atoms with Gasteiger partial charge in [-0.3, -0.25) is 9.97 Å². The molecule has 8 heteroatoms. The normalized spacial score (nSPS) is 12.8. The van der Waals surface area contributed by atoms with E-state index in [4.69, 9.17) is 19.4 Å². The minimum Gasteiger partial charge on any atom is -0.454 e. The second kappa shape index (κ2) is 9.92. The molecule has 33 heavy (non-hydrogen) atoms. The van der Waals surface area contributed by atoms with Crippen molar-refractivity contribution in [2.24, 2.45) is 0 Å². The first-order valence-electron chi connectivity index (χ1n) is 10.4. The van der Waals surface area contributed by atoms with Crippen molar-refractivity contribution in [3.63, 3.8) is 0 Å². The molecule has 1 atom stereocenters. The molecule has 0 fully saturated rings. The fraction of sp³-hybridized carbons (Fsp3) is 0.200. The standard InChI is InChI=1S/C25H21FN4O2.ClH/c1-16(17-2-5-19(26)6-3-17)10-25-29-20(12-21-14-27-8-9-28-21)13-22(30-25)18-4-7-23-24(11-18)32-15-31-23;/h2-9,11,13-14,16H,10,12,15H2,1H3;1H/t16-;/m1./s1. The van der Waals surface area contributed by atoms with Crippen molar-refractivity contribution in [2.45, 2.75) is 25.7 Å². The van der Waals surface area contributed by atoms with Gasteiger partial charge in [0, 0.05) is 37.0 Å². The molecule has 6 nitrogen and oxygen atoms in total. The summed E-state index contributed by atoms with van der Waals surface area (Å²) in [5.41, 5.74) is 4.46. The SMILES string of the molecule is C[C@H](Cc1nc(Cc2cnccn2)cc(-c2ccc3c(c2)OCO3)n1)c1ccc(F)cc1.Cl. The highest BCUT2D eigenvalue weighted by molar-refractivity contribution is 5.85. The number of benzene rings is 2. The lowest BCUT2D eigenvalue weighted by Crippen LogP contribution is -2.07. The summed E-state index contributed by atoms with van der Waals surface area (Å²) in [5.74, 6) is 2.04. The van der Waals surface area contributed by atoms with E-state index in [1.54, 1.807) is 18.6 Å². The Morgan fingerprint density at radius 3 is 2.55 bits per heavy atom. The van der Waals surface area contributed by atoms with Crippen LogP contribution in [0.1, 0.15) is 35.6 Å². The summed E-state index contributed by atoms with van der Waals surface area (Å²) in [5, 5.41) is 0. The van der Waals surface area contributed by atoms with E-state index in [2.05, 4.69) is 16.9 Å². The molecular weight excluding hydrogens is 443 g/mol. The third-order valence-electron chi connectivity index (χ3n) is 5.40. The number of hydrogen-bond acceptors (Lipinski definition) is 6. The molecule has 5 rings (SSSR count). The van der Waals surface area contributed by atoms with Crippen LogP contribution in [0.25, 0.3) is 11.3 Å². The highest BCUT2D eigenvalue weighted by atomic mass is 35.5. The number of aromatic nitrogens is 4. The highest BCUT2D eigenvalue weighted by Crippen LogP contribution is 2.35. The largest absolute Gasteiger partial charge is 0.454 e. The van der Waals surface area contributed by atoms with Crippen LogP contribution in [0, 0.1) is 5.82 Å². The van der Waals surface area contributed by atoms with Crippen LogP contribution < -0.4 is 9.47 Å². The number of halogens is 2. The Hall–Kier alpha value is -3.58. The summed E-state index contributed by atoms with van der Waals surface area (Å²) < 4.78 is 24.3. The highest BCUT2D eigenvalue weighted by Gasteiger charge is 2.17. The lowest BCUT2D eigenvalue weighted by Gasteiger charge is -2.13.